The standard InChI is InChI=1S/C15H19N5O/c1-11-6-16-8-14(18-11)12-4-3-5-20(10-12)15(21)13-7-17-19(2)9-13/h6-9,12H,3-5,10H2,1-2H3/t12-/m1/s1. The second-order valence-corrected chi connectivity index (χ2v) is 5.58. The Morgan fingerprint density at radius 2 is 2.19 bits per heavy atom. The van der Waals surface area contributed by atoms with Crippen LogP contribution in [0.1, 0.15) is 40.5 Å². The van der Waals surface area contributed by atoms with Gasteiger partial charge >= 0.3 is 0 Å². The molecule has 21 heavy (non-hydrogen) atoms. The van der Waals surface area contributed by atoms with E-state index in [1.807, 2.05) is 25.1 Å². The molecule has 1 aliphatic heterocycles. The van der Waals surface area contributed by atoms with Gasteiger partial charge in [-0.2, -0.15) is 5.10 Å². The summed E-state index contributed by atoms with van der Waals surface area (Å²) in [5.41, 5.74) is 2.55. The molecule has 3 rings (SSSR count). The molecule has 110 valence electrons. The van der Waals surface area contributed by atoms with Gasteiger partial charge in [0.15, 0.2) is 0 Å². The SMILES string of the molecule is Cc1cncc([C@@H]2CCCN(C(=O)c3cnn(C)c3)C2)n1. The van der Waals surface area contributed by atoms with Crippen molar-refractivity contribution in [3.8, 4) is 0 Å². The summed E-state index contributed by atoms with van der Waals surface area (Å²) in [6.07, 6.45) is 9.00. The molecule has 1 atom stereocenters. The largest absolute Gasteiger partial charge is 0.338 e. The van der Waals surface area contributed by atoms with Gasteiger partial charge in [0, 0.05) is 44.6 Å². The maximum Gasteiger partial charge on any atom is 0.257 e. The van der Waals surface area contributed by atoms with Crippen molar-refractivity contribution in [2.24, 2.45) is 7.05 Å². The molecule has 0 aromatic carbocycles. The van der Waals surface area contributed by atoms with Crippen molar-refractivity contribution in [3.63, 3.8) is 0 Å². The van der Waals surface area contributed by atoms with E-state index < -0.39 is 0 Å². The average molecular weight is 285 g/mol. The molecule has 6 nitrogen and oxygen atoms in total. The van der Waals surface area contributed by atoms with Gasteiger partial charge in [-0.3, -0.25) is 19.4 Å². The van der Waals surface area contributed by atoms with E-state index in [0.717, 1.165) is 30.8 Å². The fraction of sp³-hybridized carbons (Fsp3) is 0.467. The van der Waals surface area contributed by atoms with Gasteiger partial charge in [-0.25, -0.2) is 0 Å². The minimum Gasteiger partial charge on any atom is -0.338 e. The number of hydrogen-bond donors (Lipinski definition) is 0. The van der Waals surface area contributed by atoms with Crippen molar-refractivity contribution in [1.82, 2.24) is 24.6 Å². The smallest absolute Gasteiger partial charge is 0.257 e. The van der Waals surface area contributed by atoms with Crippen LogP contribution >= 0.6 is 0 Å². The van der Waals surface area contributed by atoms with Crippen molar-refractivity contribution >= 4 is 5.91 Å². The quantitative estimate of drug-likeness (QED) is 0.839. The van der Waals surface area contributed by atoms with Gasteiger partial charge < -0.3 is 4.90 Å². The first-order valence-electron chi connectivity index (χ1n) is 7.20. The lowest BCUT2D eigenvalue weighted by Gasteiger charge is -2.32. The van der Waals surface area contributed by atoms with Crippen LogP contribution in [-0.2, 0) is 7.05 Å². The van der Waals surface area contributed by atoms with Crippen LogP contribution in [0.5, 0.6) is 0 Å². The third kappa shape index (κ3) is 2.94. The number of aromatic nitrogens is 4. The Kier molecular flexibility index (Phi) is 3.68. The molecule has 1 aliphatic rings. The minimum absolute atomic E-state index is 0.0495. The zero-order valence-corrected chi connectivity index (χ0v) is 12.4. The van der Waals surface area contributed by atoms with Crippen LogP contribution in [0.25, 0.3) is 0 Å². The molecule has 2 aromatic rings. The van der Waals surface area contributed by atoms with Gasteiger partial charge in [-0.1, -0.05) is 0 Å². The van der Waals surface area contributed by atoms with Crippen LogP contribution < -0.4 is 0 Å². The first-order valence-corrected chi connectivity index (χ1v) is 7.20. The Hall–Kier alpha value is -2.24. The first kappa shape index (κ1) is 13.7. The van der Waals surface area contributed by atoms with Gasteiger partial charge in [0.1, 0.15) is 0 Å². The molecule has 0 saturated carbocycles. The molecule has 0 unspecified atom stereocenters. The van der Waals surface area contributed by atoms with Gasteiger partial charge in [-0.05, 0) is 19.8 Å². The number of hydrogen-bond acceptors (Lipinski definition) is 4. The molecule has 1 saturated heterocycles. The summed E-state index contributed by atoms with van der Waals surface area (Å²) in [7, 11) is 1.82. The second-order valence-electron chi connectivity index (χ2n) is 5.58. The van der Waals surface area contributed by atoms with Crippen molar-refractivity contribution in [2.45, 2.75) is 25.7 Å². The monoisotopic (exact) mass is 285 g/mol. The van der Waals surface area contributed by atoms with Crippen molar-refractivity contribution in [2.75, 3.05) is 13.1 Å². The van der Waals surface area contributed by atoms with E-state index in [9.17, 15) is 4.79 Å². The Balaban J connectivity index is 1.75. The third-order valence-corrected chi connectivity index (χ3v) is 3.85. The Labute approximate surface area is 123 Å². The molecule has 6 heteroatoms. The van der Waals surface area contributed by atoms with Crippen LogP contribution in [0, 0.1) is 6.92 Å². The lowest BCUT2D eigenvalue weighted by atomic mass is 9.94. The summed E-state index contributed by atoms with van der Waals surface area (Å²) < 4.78 is 1.65. The Morgan fingerprint density at radius 3 is 2.90 bits per heavy atom. The molecular weight excluding hydrogens is 266 g/mol. The van der Waals surface area contributed by atoms with Crippen LogP contribution in [-0.4, -0.2) is 43.6 Å². The fourth-order valence-electron chi connectivity index (χ4n) is 2.80. The van der Waals surface area contributed by atoms with Crippen molar-refractivity contribution in [3.05, 3.63) is 41.7 Å². The van der Waals surface area contributed by atoms with E-state index in [1.54, 1.807) is 23.3 Å². The first-order chi connectivity index (χ1) is 10.1. The number of carbonyl (C=O) groups is 1. The lowest BCUT2D eigenvalue weighted by Crippen LogP contribution is -2.39. The van der Waals surface area contributed by atoms with E-state index in [-0.39, 0.29) is 11.8 Å². The molecule has 0 bridgehead atoms. The Morgan fingerprint density at radius 1 is 1.33 bits per heavy atom. The number of aryl methyl sites for hydroxylation is 2. The summed E-state index contributed by atoms with van der Waals surface area (Å²) in [6.45, 7) is 3.44. The van der Waals surface area contributed by atoms with E-state index >= 15 is 0 Å². The van der Waals surface area contributed by atoms with Gasteiger partial charge in [0.25, 0.3) is 5.91 Å². The van der Waals surface area contributed by atoms with Gasteiger partial charge in [-0.15, -0.1) is 0 Å². The summed E-state index contributed by atoms with van der Waals surface area (Å²) in [5.74, 6) is 0.320. The second kappa shape index (κ2) is 5.63. The number of rotatable bonds is 2. The fourth-order valence-corrected chi connectivity index (χ4v) is 2.80. The number of likely N-dealkylation sites (tertiary alicyclic amines) is 1. The van der Waals surface area contributed by atoms with Crippen molar-refractivity contribution < 1.29 is 4.79 Å². The minimum atomic E-state index is 0.0495. The summed E-state index contributed by atoms with van der Waals surface area (Å²) in [4.78, 5) is 23.2. The number of amides is 1. The summed E-state index contributed by atoms with van der Waals surface area (Å²) in [5, 5.41) is 4.07. The summed E-state index contributed by atoms with van der Waals surface area (Å²) >= 11 is 0. The normalized spacial score (nSPS) is 18.8. The topological polar surface area (TPSA) is 63.9 Å². The highest BCUT2D eigenvalue weighted by Crippen LogP contribution is 2.26. The molecule has 1 amide bonds. The average Bonchev–Trinajstić information content (AvgIpc) is 2.93. The van der Waals surface area contributed by atoms with E-state index in [0.29, 0.717) is 12.1 Å². The zero-order chi connectivity index (χ0) is 14.8. The van der Waals surface area contributed by atoms with Crippen LogP contribution in [0.4, 0.5) is 0 Å². The molecule has 1 fully saturated rings. The van der Waals surface area contributed by atoms with Crippen LogP contribution in [0.15, 0.2) is 24.8 Å². The maximum absolute atomic E-state index is 12.5. The number of carbonyl (C=O) groups excluding carboxylic acids is 1. The van der Waals surface area contributed by atoms with Crippen LogP contribution in [0.2, 0.25) is 0 Å². The lowest BCUT2D eigenvalue weighted by molar-refractivity contribution is 0.0705. The molecule has 0 radical (unpaired) electrons. The molecule has 3 heterocycles. The highest BCUT2D eigenvalue weighted by Gasteiger charge is 2.27. The molecule has 0 aliphatic carbocycles. The molecule has 0 spiro atoms. The highest BCUT2D eigenvalue weighted by molar-refractivity contribution is 5.93. The molecule has 2 aromatic heterocycles. The maximum atomic E-state index is 12.5. The van der Waals surface area contributed by atoms with E-state index in [1.165, 1.54) is 0 Å². The predicted molar refractivity (Wildman–Crippen MR) is 77.9 cm³/mol. The number of nitrogens with zero attached hydrogens (tertiary/aromatic N) is 5. The van der Waals surface area contributed by atoms with E-state index in [2.05, 4.69) is 15.1 Å². The highest BCUT2D eigenvalue weighted by atomic mass is 16.2. The van der Waals surface area contributed by atoms with Crippen molar-refractivity contribution in [1.29, 1.82) is 0 Å². The van der Waals surface area contributed by atoms with Crippen LogP contribution in [0.3, 0.4) is 0 Å². The third-order valence-electron chi connectivity index (χ3n) is 3.85. The predicted octanol–water partition coefficient (Wildman–Crippen LogP) is 1.54. The Bertz CT molecular complexity index is 651. The summed E-state index contributed by atoms with van der Waals surface area (Å²) in [6, 6.07) is 0. The van der Waals surface area contributed by atoms with E-state index in [4.69, 9.17) is 0 Å². The van der Waals surface area contributed by atoms with Gasteiger partial charge in [0.05, 0.1) is 23.1 Å². The zero-order valence-electron chi connectivity index (χ0n) is 12.4. The van der Waals surface area contributed by atoms with Gasteiger partial charge in [0.2, 0.25) is 0 Å². The molecular formula is C15H19N5O. The number of piperidine rings is 1. The molecule has 0 N–H and O–H groups in total.